The summed E-state index contributed by atoms with van der Waals surface area (Å²) in [4.78, 5) is 26.6. The molecule has 1 fully saturated rings. The minimum absolute atomic E-state index is 0.236. The van der Waals surface area contributed by atoms with Crippen molar-refractivity contribution >= 4 is 16.8 Å². The molecule has 1 aromatic heterocycles. The zero-order chi connectivity index (χ0) is 16.4. The van der Waals surface area contributed by atoms with Gasteiger partial charge in [-0.3, -0.25) is 9.59 Å². The molecular weight excluding hydrogens is 299 g/mol. The lowest BCUT2D eigenvalue weighted by atomic mass is 9.87. The fourth-order valence-electron chi connectivity index (χ4n) is 3.20. The van der Waals surface area contributed by atoms with E-state index in [4.69, 9.17) is 0 Å². The van der Waals surface area contributed by atoms with Crippen molar-refractivity contribution in [1.82, 2.24) is 10.3 Å². The molecule has 1 heterocycles. The maximum absolute atomic E-state index is 13.3. The van der Waals surface area contributed by atoms with Gasteiger partial charge in [0.25, 0.3) is 5.91 Å². The molecular formula is C17H19FN2O3. The van der Waals surface area contributed by atoms with Gasteiger partial charge in [-0.15, -0.1) is 0 Å². The molecule has 1 aromatic carbocycles. The lowest BCUT2D eigenvalue weighted by molar-refractivity contribution is 0.0875. The Labute approximate surface area is 132 Å². The summed E-state index contributed by atoms with van der Waals surface area (Å²) in [6.45, 7) is 0.464. The van der Waals surface area contributed by atoms with Crippen molar-refractivity contribution in [3.63, 3.8) is 0 Å². The van der Waals surface area contributed by atoms with E-state index in [9.17, 15) is 19.1 Å². The molecule has 0 radical (unpaired) electrons. The number of amides is 1. The van der Waals surface area contributed by atoms with E-state index in [1.807, 2.05) is 0 Å². The van der Waals surface area contributed by atoms with Crippen LogP contribution in [0.25, 0.3) is 10.9 Å². The predicted molar refractivity (Wildman–Crippen MR) is 84.8 cm³/mol. The van der Waals surface area contributed by atoms with E-state index >= 15 is 0 Å². The van der Waals surface area contributed by atoms with Crippen molar-refractivity contribution in [2.24, 2.45) is 5.92 Å². The molecule has 3 N–H and O–H groups in total. The molecule has 0 aliphatic heterocycles. The van der Waals surface area contributed by atoms with Gasteiger partial charge in [-0.25, -0.2) is 4.39 Å². The number of carbonyl (C=O) groups excluding carboxylic acids is 1. The van der Waals surface area contributed by atoms with Crippen LogP contribution >= 0.6 is 0 Å². The Balaban J connectivity index is 1.79. The van der Waals surface area contributed by atoms with Crippen LogP contribution in [0.1, 0.15) is 36.0 Å². The topological polar surface area (TPSA) is 82.2 Å². The number of hydrogen-bond donors (Lipinski definition) is 3. The van der Waals surface area contributed by atoms with E-state index in [2.05, 4.69) is 10.3 Å². The van der Waals surface area contributed by atoms with Crippen LogP contribution in [-0.4, -0.2) is 28.6 Å². The van der Waals surface area contributed by atoms with Crippen LogP contribution in [0.4, 0.5) is 4.39 Å². The van der Waals surface area contributed by atoms with Crippen molar-refractivity contribution < 1.29 is 14.3 Å². The summed E-state index contributed by atoms with van der Waals surface area (Å²) in [6.07, 6.45) is 3.12. The Morgan fingerprint density at radius 2 is 2.17 bits per heavy atom. The molecule has 3 rings (SSSR count). The number of pyridine rings is 1. The monoisotopic (exact) mass is 318 g/mol. The third kappa shape index (κ3) is 3.59. The van der Waals surface area contributed by atoms with Gasteiger partial charge in [-0.1, -0.05) is 6.42 Å². The Hall–Kier alpha value is -2.21. The van der Waals surface area contributed by atoms with Gasteiger partial charge >= 0.3 is 0 Å². The number of carbonyl (C=O) groups is 1. The summed E-state index contributed by atoms with van der Waals surface area (Å²) in [5.74, 6) is -0.580. The van der Waals surface area contributed by atoms with E-state index in [1.165, 1.54) is 24.3 Å². The minimum atomic E-state index is -0.470. The Morgan fingerprint density at radius 1 is 1.35 bits per heavy atom. The Bertz CT molecular complexity index is 787. The first-order valence-electron chi connectivity index (χ1n) is 7.82. The smallest absolute Gasteiger partial charge is 0.252 e. The first-order valence-corrected chi connectivity index (χ1v) is 7.82. The van der Waals surface area contributed by atoms with Crippen LogP contribution in [0.2, 0.25) is 0 Å². The highest BCUT2D eigenvalue weighted by Crippen LogP contribution is 2.23. The zero-order valence-electron chi connectivity index (χ0n) is 12.6. The van der Waals surface area contributed by atoms with E-state index in [0.29, 0.717) is 23.9 Å². The van der Waals surface area contributed by atoms with E-state index in [1.54, 1.807) is 0 Å². The number of H-pyrrole nitrogens is 1. The highest BCUT2D eigenvalue weighted by atomic mass is 19.1. The molecule has 2 aromatic rings. The quantitative estimate of drug-likeness (QED) is 0.809. The number of halogens is 1. The molecule has 0 saturated heterocycles. The summed E-state index contributed by atoms with van der Waals surface area (Å²) >= 11 is 0. The van der Waals surface area contributed by atoms with Crippen molar-refractivity contribution in [2.45, 2.75) is 31.8 Å². The van der Waals surface area contributed by atoms with Gasteiger partial charge in [0.1, 0.15) is 5.82 Å². The van der Waals surface area contributed by atoms with Gasteiger partial charge in [0.05, 0.1) is 17.2 Å². The molecule has 1 aliphatic carbocycles. The van der Waals surface area contributed by atoms with Crippen LogP contribution < -0.4 is 10.9 Å². The highest BCUT2D eigenvalue weighted by molar-refractivity contribution is 6.05. The number of nitrogens with one attached hydrogen (secondary N) is 2. The SMILES string of the molecule is O=C(NCC1CCCC(O)C1)c1cc(=O)[nH]c2cc(F)ccc12. The molecule has 0 spiro atoms. The van der Waals surface area contributed by atoms with Crippen LogP contribution in [0.5, 0.6) is 0 Å². The maximum atomic E-state index is 13.3. The largest absolute Gasteiger partial charge is 0.393 e. The number of aromatic amines is 1. The van der Waals surface area contributed by atoms with Gasteiger partial charge in [-0.2, -0.15) is 0 Å². The van der Waals surface area contributed by atoms with E-state index < -0.39 is 11.4 Å². The van der Waals surface area contributed by atoms with Gasteiger partial charge < -0.3 is 15.4 Å². The maximum Gasteiger partial charge on any atom is 0.252 e. The molecule has 1 amide bonds. The van der Waals surface area contributed by atoms with Crippen molar-refractivity contribution in [1.29, 1.82) is 0 Å². The fraction of sp³-hybridized carbons (Fsp3) is 0.412. The lowest BCUT2D eigenvalue weighted by Gasteiger charge is -2.25. The molecule has 5 nitrogen and oxygen atoms in total. The first kappa shape index (κ1) is 15.7. The standard InChI is InChI=1S/C17H19FN2O3/c18-11-4-5-13-14(8-16(22)20-15(13)7-11)17(23)19-9-10-2-1-3-12(21)6-10/h4-5,7-8,10,12,21H,1-3,6,9H2,(H,19,23)(H,20,22). The summed E-state index contributed by atoms with van der Waals surface area (Å²) in [7, 11) is 0. The van der Waals surface area contributed by atoms with Gasteiger partial charge in [0.15, 0.2) is 0 Å². The van der Waals surface area contributed by atoms with Crippen LogP contribution in [-0.2, 0) is 0 Å². The second-order valence-electron chi connectivity index (χ2n) is 6.13. The number of aromatic nitrogens is 1. The molecule has 122 valence electrons. The van der Waals surface area contributed by atoms with Gasteiger partial charge in [0, 0.05) is 18.0 Å². The molecule has 1 aliphatic rings. The zero-order valence-corrected chi connectivity index (χ0v) is 12.6. The molecule has 0 bridgehead atoms. The number of aliphatic hydroxyl groups is 1. The number of rotatable bonds is 3. The normalized spacial score (nSPS) is 21.3. The predicted octanol–water partition coefficient (Wildman–Crippen LogP) is 1.95. The van der Waals surface area contributed by atoms with Crippen LogP contribution in [0.15, 0.2) is 29.1 Å². The molecule has 2 atom stereocenters. The summed E-state index contributed by atoms with van der Waals surface area (Å²) in [5.41, 5.74) is 0.0946. The van der Waals surface area contributed by atoms with Crippen molar-refractivity contribution in [3.8, 4) is 0 Å². The van der Waals surface area contributed by atoms with E-state index in [-0.39, 0.29) is 23.5 Å². The third-order valence-corrected chi connectivity index (χ3v) is 4.36. The second-order valence-corrected chi connectivity index (χ2v) is 6.13. The van der Waals surface area contributed by atoms with Crippen molar-refractivity contribution in [3.05, 3.63) is 46.0 Å². The number of benzene rings is 1. The Morgan fingerprint density at radius 3 is 2.96 bits per heavy atom. The van der Waals surface area contributed by atoms with Crippen LogP contribution in [0, 0.1) is 11.7 Å². The summed E-state index contributed by atoms with van der Waals surface area (Å²) < 4.78 is 13.3. The first-order chi connectivity index (χ1) is 11.0. The fourth-order valence-corrected chi connectivity index (χ4v) is 3.20. The highest BCUT2D eigenvalue weighted by Gasteiger charge is 2.21. The third-order valence-electron chi connectivity index (χ3n) is 4.36. The number of aliphatic hydroxyl groups excluding tert-OH is 1. The van der Waals surface area contributed by atoms with Gasteiger partial charge in [0.2, 0.25) is 5.56 Å². The lowest BCUT2D eigenvalue weighted by Crippen LogP contribution is -2.33. The number of hydrogen-bond acceptors (Lipinski definition) is 3. The van der Waals surface area contributed by atoms with Gasteiger partial charge in [-0.05, 0) is 43.4 Å². The minimum Gasteiger partial charge on any atom is -0.393 e. The Kier molecular flexibility index (Phi) is 4.43. The van der Waals surface area contributed by atoms with Crippen LogP contribution in [0.3, 0.4) is 0 Å². The van der Waals surface area contributed by atoms with Crippen molar-refractivity contribution in [2.75, 3.05) is 6.54 Å². The second kappa shape index (κ2) is 6.50. The average Bonchev–Trinajstić information content (AvgIpc) is 2.51. The summed E-state index contributed by atoms with van der Waals surface area (Å²) in [6, 6.07) is 5.17. The average molecular weight is 318 g/mol. The molecule has 6 heteroatoms. The molecule has 2 unspecified atom stereocenters. The summed E-state index contributed by atoms with van der Waals surface area (Å²) in [5, 5.41) is 13.0. The molecule has 1 saturated carbocycles. The van der Waals surface area contributed by atoms with E-state index in [0.717, 1.165) is 19.3 Å². The number of fused-ring (bicyclic) bond motifs is 1. The molecule has 23 heavy (non-hydrogen) atoms.